The van der Waals surface area contributed by atoms with E-state index in [0.717, 1.165) is 35.9 Å². The van der Waals surface area contributed by atoms with E-state index in [1.54, 1.807) is 0 Å². The fourth-order valence-corrected chi connectivity index (χ4v) is 4.46. The summed E-state index contributed by atoms with van der Waals surface area (Å²) in [5.41, 5.74) is 3.45. The lowest BCUT2D eigenvalue weighted by molar-refractivity contribution is 0.0964. The number of nitrogens with zero attached hydrogens (tertiary/aromatic N) is 2. The number of benzene rings is 2. The van der Waals surface area contributed by atoms with Crippen LogP contribution in [0, 0.1) is 5.92 Å². The van der Waals surface area contributed by atoms with Crippen molar-refractivity contribution >= 4 is 16.7 Å². The Bertz CT molecular complexity index is 920. The molecule has 28 heavy (non-hydrogen) atoms. The Kier molecular flexibility index (Phi) is 5.92. The number of hydrogen-bond donors (Lipinski definition) is 0. The van der Waals surface area contributed by atoms with Crippen LogP contribution in [0.4, 0.5) is 0 Å². The third kappa shape index (κ3) is 4.36. The molecule has 2 aromatic carbocycles. The molecule has 1 aliphatic rings. The highest BCUT2D eigenvalue weighted by Crippen LogP contribution is 2.26. The van der Waals surface area contributed by atoms with Crippen molar-refractivity contribution in [1.29, 1.82) is 0 Å². The lowest BCUT2D eigenvalue weighted by atomic mass is 9.90. The minimum Gasteiger partial charge on any atom is -0.350 e. The molecule has 4 rings (SSSR count). The zero-order valence-electron chi connectivity index (χ0n) is 16.8. The Hall–Kier alpha value is -2.39. The Morgan fingerprint density at radius 2 is 1.71 bits per heavy atom. The van der Waals surface area contributed by atoms with Gasteiger partial charge >= 0.3 is 0 Å². The molecule has 0 atom stereocenters. The van der Waals surface area contributed by atoms with Gasteiger partial charge in [0.25, 0.3) is 0 Å². The average Bonchev–Trinajstić information content (AvgIpc) is 3.09. The van der Waals surface area contributed by atoms with Gasteiger partial charge in [0.05, 0.1) is 0 Å². The zero-order valence-corrected chi connectivity index (χ0v) is 16.8. The molecule has 0 aliphatic carbocycles. The van der Waals surface area contributed by atoms with Crippen LogP contribution in [0.1, 0.15) is 41.6 Å². The first kappa shape index (κ1) is 18.9. The molecule has 3 heteroatoms. The van der Waals surface area contributed by atoms with Gasteiger partial charge in [-0.1, -0.05) is 48.5 Å². The maximum Gasteiger partial charge on any atom is 0.165 e. The topological polar surface area (TPSA) is 25.2 Å². The Labute approximate surface area is 168 Å². The monoisotopic (exact) mass is 374 g/mol. The number of carbonyl (C=O) groups excluding carboxylic acids is 1. The van der Waals surface area contributed by atoms with E-state index in [2.05, 4.69) is 51.9 Å². The molecule has 0 bridgehead atoms. The molecule has 1 saturated heterocycles. The van der Waals surface area contributed by atoms with Gasteiger partial charge in [-0.05, 0) is 56.3 Å². The number of aromatic nitrogens is 1. The molecule has 1 aliphatic heterocycles. The number of para-hydroxylation sites is 1. The van der Waals surface area contributed by atoms with Crippen molar-refractivity contribution in [3.05, 3.63) is 71.9 Å². The summed E-state index contributed by atoms with van der Waals surface area (Å²) in [6.45, 7) is 3.48. The molecule has 3 nitrogen and oxygen atoms in total. The highest BCUT2D eigenvalue weighted by Gasteiger charge is 2.21. The molecule has 2 heterocycles. The van der Waals surface area contributed by atoms with E-state index in [-0.39, 0.29) is 0 Å². The summed E-state index contributed by atoms with van der Waals surface area (Å²) in [4.78, 5) is 15.4. The maximum atomic E-state index is 12.8. The third-order valence-corrected chi connectivity index (χ3v) is 6.24. The smallest absolute Gasteiger partial charge is 0.165 e. The number of Topliss-reactive ketones (excluding diaryl/α,β-unsaturated/α-hetero) is 1. The van der Waals surface area contributed by atoms with E-state index in [9.17, 15) is 4.79 Å². The van der Waals surface area contributed by atoms with Crippen LogP contribution in [0.3, 0.4) is 0 Å². The molecule has 0 spiro atoms. The number of ketones is 1. The average molecular weight is 375 g/mol. The summed E-state index contributed by atoms with van der Waals surface area (Å²) in [7, 11) is 2.02. The van der Waals surface area contributed by atoms with Crippen molar-refractivity contribution in [3.63, 3.8) is 0 Å². The van der Waals surface area contributed by atoms with Gasteiger partial charge in [-0.15, -0.1) is 0 Å². The van der Waals surface area contributed by atoms with E-state index >= 15 is 0 Å². The lowest BCUT2D eigenvalue weighted by Gasteiger charge is -2.31. The van der Waals surface area contributed by atoms with Gasteiger partial charge in [-0.2, -0.15) is 0 Å². The molecule has 1 fully saturated rings. The van der Waals surface area contributed by atoms with Crippen molar-refractivity contribution in [2.75, 3.05) is 19.6 Å². The Morgan fingerprint density at radius 1 is 1.00 bits per heavy atom. The van der Waals surface area contributed by atoms with Crippen molar-refractivity contribution in [1.82, 2.24) is 9.47 Å². The van der Waals surface area contributed by atoms with Gasteiger partial charge in [0.2, 0.25) is 0 Å². The van der Waals surface area contributed by atoms with E-state index < -0.39 is 0 Å². The summed E-state index contributed by atoms with van der Waals surface area (Å²) < 4.78 is 2.06. The Balaban J connectivity index is 1.24. The zero-order chi connectivity index (χ0) is 19.3. The molecule has 0 radical (unpaired) electrons. The molecule has 0 unspecified atom stereocenters. The number of piperidine rings is 1. The number of hydrogen-bond acceptors (Lipinski definition) is 2. The number of carbonyl (C=O) groups is 1. The lowest BCUT2D eigenvalue weighted by Crippen LogP contribution is -2.35. The van der Waals surface area contributed by atoms with Gasteiger partial charge in [-0.25, -0.2) is 0 Å². The molecule has 3 aromatic rings. The molecular formula is C25H30N2O. The maximum absolute atomic E-state index is 12.8. The van der Waals surface area contributed by atoms with Crippen LogP contribution in [0.15, 0.2) is 60.8 Å². The van der Waals surface area contributed by atoms with Crippen LogP contribution in [-0.4, -0.2) is 34.9 Å². The number of fused-ring (bicyclic) bond motifs is 1. The van der Waals surface area contributed by atoms with Crippen LogP contribution in [0.5, 0.6) is 0 Å². The highest BCUT2D eigenvalue weighted by molar-refractivity contribution is 6.08. The van der Waals surface area contributed by atoms with Gasteiger partial charge < -0.3 is 9.47 Å². The van der Waals surface area contributed by atoms with Gasteiger partial charge in [0.15, 0.2) is 5.78 Å². The van der Waals surface area contributed by atoms with Crippen LogP contribution >= 0.6 is 0 Å². The molecule has 0 saturated carbocycles. The van der Waals surface area contributed by atoms with Gasteiger partial charge in [-0.3, -0.25) is 4.79 Å². The van der Waals surface area contributed by atoms with E-state index in [4.69, 9.17) is 0 Å². The standard InChI is InChI=1S/C25H30N2O/c1-26-19-23(22-9-5-6-10-24(22)26)25(28)12-11-21-14-17-27(18-15-21)16-13-20-7-3-2-4-8-20/h2-10,19,21H,11-18H2,1H3. The fraction of sp³-hybridized carbons (Fsp3) is 0.400. The summed E-state index contributed by atoms with van der Waals surface area (Å²) >= 11 is 0. The SMILES string of the molecule is Cn1cc(C(=O)CCC2CCN(CCc3ccccc3)CC2)c2ccccc21. The van der Waals surface area contributed by atoms with Crippen molar-refractivity contribution < 1.29 is 4.79 Å². The van der Waals surface area contributed by atoms with E-state index in [0.29, 0.717) is 18.1 Å². The first-order valence-corrected chi connectivity index (χ1v) is 10.5. The van der Waals surface area contributed by atoms with Gasteiger partial charge in [0, 0.05) is 42.7 Å². The van der Waals surface area contributed by atoms with Gasteiger partial charge in [0.1, 0.15) is 0 Å². The van der Waals surface area contributed by atoms with Crippen LogP contribution in [-0.2, 0) is 13.5 Å². The normalized spacial score (nSPS) is 15.9. The largest absolute Gasteiger partial charge is 0.350 e. The second-order valence-electron chi connectivity index (χ2n) is 8.15. The highest BCUT2D eigenvalue weighted by atomic mass is 16.1. The van der Waals surface area contributed by atoms with Crippen molar-refractivity contribution in [2.45, 2.75) is 32.1 Å². The third-order valence-electron chi connectivity index (χ3n) is 6.24. The second kappa shape index (κ2) is 8.74. The molecule has 0 N–H and O–H groups in total. The molecule has 146 valence electrons. The fourth-order valence-electron chi connectivity index (χ4n) is 4.46. The summed E-state index contributed by atoms with van der Waals surface area (Å²) in [6, 6.07) is 18.9. The predicted molar refractivity (Wildman–Crippen MR) is 116 cm³/mol. The van der Waals surface area contributed by atoms with Crippen LogP contribution < -0.4 is 0 Å². The number of likely N-dealkylation sites (tertiary alicyclic amines) is 1. The first-order chi connectivity index (χ1) is 13.7. The van der Waals surface area contributed by atoms with Crippen LogP contribution in [0.25, 0.3) is 10.9 Å². The number of aryl methyl sites for hydroxylation is 1. The molecule has 0 amide bonds. The molecular weight excluding hydrogens is 344 g/mol. The predicted octanol–water partition coefficient (Wildman–Crippen LogP) is 5.10. The quantitative estimate of drug-likeness (QED) is 0.538. The first-order valence-electron chi connectivity index (χ1n) is 10.5. The summed E-state index contributed by atoms with van der Waals surface area (Å²) in [6.07, 6.45) is 7.26. The summed E-state index contributed by atoms with van der Waals surface area (Å²) in [5.74, 6) is 0.982. The minimum atomic E-state index is 0.295. The second-order valence-corrected chi connectivity index (χ2v) is 8.15. The molecule has 1 aromatic heterocycles. The van der Waals surface area contributed by atoms with Crippen molar-refractivity contribution in [2.24, 2.45) is 13.0 Å². The van der Waals surface area contributed by atoms with E-state index in [1.807, 2.05) is 25.4 Å². The van der Waals surface area contributed by atoms with Crippen molar-refractivity contribution in [3.8, 4) is 0 Å². The Morgan fingerprint density at radius 3 is 2.50 bits per heavy atom. The minimum absolute atomic E-state index is 0.295. The summed E-state index contributed by atoms with van der Waals surface area (Å²) in [5, 5.41) is 1.09. The van der Waals surface area contributed by atoms with E-state index in [1.165, 1.54) is 31.5 Å². The number of rotatable bonds is 7. The van der Waals surface area contributed by atoms with Crippen LogP contribution in [0.2, 0.25) is 0 Å².